The maximum atomic E-state index is 13.6. The van der Waals surface area contributed by atoms with Crippen molar-refractivity contribution in [2.24, 2.45) is 7.05 Å². The number of aromatic nitrogens is 7. The zero-order chi connectivity index (χ0) is 35.5. The van der Waals surface area contributed by atoms with Gasteiger partial charge in [-0.3, -0.25) is 19.5 Å². The van der Waals surface area contributed by atoms with E-state index in [0.29, 0.717) is 76.0 Å². The molecule has 1 saturated heterocycles. The molecule has 4 aromatic heterocycles. The van der Waals surface area contributed by atoms with E-state index in [4.69, 9.17) is 37.9 Å². The van der Waals surface area contributed by atoms with Gasteiger partial charge in [0.25, 0.3) is 5.91 Å². The molecule has 1 fully saturated rings. The maximum Gasteiger partial charge on any atom is 0.291 e. The van der Waals surface area contributed by atoms with Crippen LogP contribution >= 0.6 is 23.2 Å². The molecule has 6 heterocycles. The highest BCUT2D eigenvalue weighted by atomic mass is 35.5. The molecule has 0 bridgehead atoms. The number of halogens is 2. The van der Waals surface area contributed by atoms with Gasteiger partial charge in [0, 0.05) is 93.8 Å². The molecular formula is C35H37Cl2N11O3. The lowest BCUT2D eigenvalue weighted by molar-refractivity contribution is -0.119. The molecule has 14 nitrogen and oxygen atoms in total. The summed E-state index contributed by atoms with van der Waals surface area (Å²) >= 11 is 13.9. The highest BCUT2D eigenvalue weighted by Gasteiger charge is 2.26. The van der Waals surface area contributed by atoms with Crippen LogP contribution in [0.25, 0.3) is 22.5 Å². The predicted molar refractivity (Wildman–Crippen MR) is 193 cm³/mol. The first-order valence-electron chi connectivity index (χ1n) is 16.7. The number of nitrogens with one attached hydrogen (secondary N) is 3. The number of methoxy groups -OCH3 is 1. The van der Waals surface area contributed by atoms with Crippen LogP contribution in [-0.4, -0.2) is 83.8 Å². The van der Waals surface area contributed by atoms with Crippen molar-refractivity contribution in [1.29, 1.82) is 0 Å². The van der Waals surface area contributed by atoms with E-state index in [1.165, 1.54) is 0 Å². The molecular weight excluding hydrogens is 693 g/mol. The number of hydrogen-bond donors (Lipinski definition) is 3. The van der Waals surface area contributed by atoms with Crippen LogP contribution in [0.15, 0.2) is 55.2 Å². The fraction of sp³-hybridized carbons (Fsp3) is 0.343. The van der Waals surface area contributed by atoms with Gasteiger partial charge in [0.2, 0.25) is 11.8 Å². The van der Waals surface area contributed by atoms with Crippen LogP contribution in [0.2, 0.25) is 10.0 Å². The lowest BCUT2D eigenvalue weighted by Crippen LogP contribution is -2.35. The molecule has 0 spiro atoms. The average Bonchev–Trinajstić information content (AvgIpc) is 3.89. The Bertz CT molecular complexity index is 2070. The van der Waals surface area contributed by atoms with Gasteiger partial charge in [0.05, 0.1) is 39.9 Å². The van der Waals surface area contributed by atoms with Crippen molar-refractivity contribution in [3.05, 3.63) is 88.1 Å². The van der Waals surface area contributed by atoms with Gasteiger partial charge < -0.3 is 29.8 Å². The zero-order valence-electron chi connectivity index (χ0n) is 28.2. The Labute approximate surface area is 304 Å². The van der Waals surface area contributed by atoms with Gasteiger partial charge in [-0.15, -0.1) is 10.2 Å². The first-order valence-corrected chi connectivity index (χ1v) is 17.4. The molecule has 1 atom stereocenters. The summed E-state index contributed by atoms with van der Waals surface area (Å²) in [6.07, 6.45) is 7.22. The molecule has 0 saturated carbocycles. The molecule has 3 N–H and O–H groups in total. The minimum Gasteiger partial charge on any atom is -0.481 e. The van der Waals surface area contributed by atoms with E-state index in [1.807, 2.05) is 28.3 Å². The number of hydrogen-bond acceptors (Lipinski definition) is 10. The normalized spacial score (nSPS) is 15.8. The van der Waals surface area contributed by atoms with Crippen molar-refractivity contribution in [2.75, 3.05) is 32.1 Å². The number of carbonyl (C=O) groups is 2. The summed E-state index contributed by atoms with van der Waals surface area (Å²) in [5, 5.41) is 17.7. The Balaban J connectivity index is 1.06. The van der Waals surface area contributed by atoms with Gasteiger partial charge in [0.15, 0.2) is 5.82 Å². The second-order valence-corrected chi connectivity index (χ2v) is 13.3. The molecule has 1 aromatic carbocycles. The Morgan fingerprint density at radius 1 is 1.04 bits per heavy atom. The topological polar surface area (TPSA) is 157 Å². The number of amides is 2. The molecule has 2 amide bonds. The highest BCUT2D eigenvalue weighted by Crippen LogP contribution is 2.40. The highest BCUT2D eigenvalue weighted by molar-refractivity contribution is 6.39. The van der Waals surface area contributed by atoms with Crippen molar-refractivity contribution in [3.8, 4) is 28.4 Å². The smallest absolute Gasteiger partial charge is 0.291 e. The standard InChI is InChI=1S/C35H37Cl2N11O3/c1-46-28-11-13-47(14-15-48-19-40-41-20-48)18-27(28)43-33(46)34(50)44-26-5-3-4-24(30(26)36)32-31(37)23(10-12-39-32)25-8-6-21(35(45-25)51-2)16-38-17-22-7-9-29(49)42-22/h3-6,8,10,12,19-20,22,38H,7,9,11,13-18H2,1-2H3,(H,42,49)(H,44,50)/t22-/m0/s1. The molecule has 0 aliphatic carbocycles. The minimum absolute atomic E-state index is 0.0867. The summed E-state index contributed by atoms with van der Waals surface area (Å²) in [6, 6.07) is 11.1. The van der Waals surface area contributed by atoms with Crippen molar-refractivity contribution in [3.63, 3.8) is 0 Å². The summed E-state index contributed by atoms with van der Waals surface area (Å²) in [7, 11) is 3.44. The Hall–Kier alpha value is -4.89. The number of rotatable bonds is 12. The summed E-state index contributed by atoms with van der Waals surface area (Å²) in [6.45, 7) is 4.30. The third-order valence-electron chi connectivity index (χ3n) is 9.27. The first-order chi connectivity index (χ1) is 24.8. The Morgan fingerprint density at radius 2 is 1.88 bits per heavy atom. The number of nitrogens with zero attached hydrogens (tertiary/aromatic N) is 8. The molecule has 51 heavy (non-hydrogen) atoms. The molecule has 2 aliphatic rings. The van der Waals surface area contributed by atoms with E-state index in [9.17, 15) is 9.59 Å². The molecule has 7 rings (SSSR count). The second-order valence-electron chi connectivity index (χ2n) is 12.6. The minimum atomic E-state index is -0.367. The molecule has 0 unspecified atom stereocenters. The van der Waals surface area contributed by atoms with Crippen LogP contribution in [-0.2, 0) is 37.9 Å². The maximum absolute atomic E-state index is 13.6. The molecule has 2 aliphatic heterocycles. The lowest BCUT2D eigenvalue weighted by Gasteiger charge is -2.26. The zero-order valence-corrected chi connectivity index (χ0v) is 29.7. The molecule has 0 radical (unpaired) electrons. The number of benzene rings is 1. The lowest BCUT2D eigenvalue weighted by atomic mass is 10.1. The van der Waals surface area contributed by atoms with E-state index < -0.39 is 0 Å². The van der Waals surface area contributed by atoms with E-state index in [-0.39, 0.29) is 17.9 Å². The van der Waals surface area contributed by atoms with Gasteiger partial charge in [0.1, 0.15) is 12.7 Å². The number of ether oxygens (including phenoxy) is 1. The van der Waals surface area contributed by atoms with E-state index in [2.05, 4.69) is 36.0 Å². The molecule has 264 valence electrons. The van der Waals surface area contributed by atoms with Gasteiger partial charge >= 0.3 is 0 Å². The van der Waals surface area contributed by atoms with Gasteiger partial charge in [-0.25, -0.2) is 9.97 Å². The van der Waals surface area contributed by atoms with Crippen molar-refractivity contribution in [1.82, 2.24) is 49.8 Å². The first kappa shape index (κ1) is 34.6. The van der Waals surface area contributed by atoms with Crippen LogP contribution in [0.1, 0.15) is 40.4 Å². The van der Waals surface area contributed by atoms with Crippen LogP contribution < -0.4 is 20.7 Å². The molecule has 5 aromatic rings. The van der Waals surface area contributed by atoms with Gasteiger partial charge in [-0.1, -0.05) is 41.4 Å². The summed E-state index contributed by atoms with van der Waals surface area (Å²) in [4.78, 5) is 41.4. The van der Waals surface area contributed by atoms with Crippen molar-refractivity contribution in [2.45, 2.75) is 44.9 Å². The van der Waals surface area contributed by atoms with Gasteiger partial charge in [-0.2, -0.15) is 0 Å². The van der Waals surface area contributed by atoms with Crippen LogP contribution in [0, 0.1) is 0 Å². The van der Waals surface area contributed by atoms with Crippen molar-refractivity contribution < 1.29 is 14.3 Å². The largest absolute Gasteiger partial charge is 0.481 e. The number of fused-ring (bicyclic) bond motifs is 1. The summed E-state index contributed by atoms with van der Waals surface area (Å²) < 4.78 is 9.42. The SMILES string of the molecule is COc1nc(-c2ccnc(-c3cccc(NC(=O)c4nc5c(n4C)CCN(CCn4cnnc4)C5)c3Cl)c2Cl)ccc1CNC[C@@H]1CCC(=O)N1. The van der Waals surface area contributed by atoms with E-state index in [0.717, 1.165) is 49.4 Å². The van der Waals surface area contributed by atoms with Crippen LogP contribution in [0.3, 0.4) is 0 Å². The molecule has 16 heteroatoms. The van der Waals surface area contributed by atoms with E-state index in [1.54, 1.807) is 50.2 Å². The Morgan fingerprint density at radius 3 is 2.67 bits per heavy atom. The van der Waals surface area contributed by atoms with Gasteiger partial charge in [-0.05, 0) is 24.6 Å². The summed E-state index contributed by atoms with van der Waals surface area (Å²) in [5.74, 6) is 0.491. The van der Waals surface area contributed by atoms with Crippen LogP contribution in [0.5, 0.6) is 5.88 Å². The third kappa shape index (κ3) is 7.45. The van der Waals surface area contributed by atoms with Crippen molar-refractivity contribution >= 4 is 40.7 Å². The predicted octanol–water partition coefficient (Wildman–Crippen LogP) is 4.13. The fourth-order valence-corrected chi connectivity index (χ4v) is 7.10. The van der Waals surface area contributed by atoms with E-state index >= 15 is 0 Å². The number of pyridine rings is 2. The monoisotopic (exact) mass is 729 g/mol. The number of carbonyl (C=O) groups excluding carboxylic acids is 2. The fourth-order valence-electron chi connectivity index (χ4n) is 6.53. The Kier molecular flexibility index (Phi) is 10.3. The third-order valence-corrected chi connectivity index (χ3v) is 10.1. The van der Waals surface area contributed by atoms with Crippen LogP contribution in [0.4, 0.5) is 5.69 Å². The quantitative estimate of drug-likeness (QED) is 0.171. The second kappa shape index (κ2) is 15.2. The average molecular weight is 731 g/mol. The summed E-state index contributed by atoms with van der Waals surface area (Å²) in [5.41, 5.74) is 5.46. The number of anilines is 1. The number of imidazole rings is 1.